The molecule has 0 radical (unpaired) electrons. The molecule has 0 amide bonds. The van der Waals surface area contributed by atoms with Crippen molar-refractivity contribution in [1.82, 2.24) is 0 Å². The summed E-state index contributed by atoms with van der Waals surface area (Å²) in [4.78, 5) is 36.5. The second kappa shape index (κ2) is 12.9. The molecule has 0 aliphatic rings. The van der Waals surface area contributed by atoms with E-state index >= 15 is 0 Å². The lowest BCUT2D eigenvalue weighted by Gasteiger charge is -2.33. The molecule has 0 aromatic carbocycles. The summed E-state index contributed by atoms with van der Waals surface area (Å²) in [6.45, 7) is 10.1. The van der Waals surface area contributed by atoms with Gasteiger partial charge in [0, 0.05) is 7.11 Å². The van der Waals surface area contributed by atoms with Gasteiger partial charge in [-0.05, 0) is 59.8 Å². The van der Waals surface area contributed by atoms with Crippen LogP contribution in [0.3, 0.4) is 0 Å². The summed E-state index contributed by atoms with van der Waals surface area (Å²) in [6.07, 6.45) is 1.89. The lowest BCUT2D eigenvalue weighted by Crippen LogP contribution is -2.36. The van der Waals surface area contributed by atoms with Crippen molar-refractivity contribution in [1.29, 1.82) is 0 Å². The Kier molecular flexibility index (Phi) is 12.2. The first-order valence-corrected chi connectivity index (χ1v) is 10.4. The molecule has 0 aliphatic carbocycles. The minimum Gasteiger partial charge on any atom is -0.481 e. The third kappa shape index (κ3) is 9.00. The van der Waals surface area contributed by atoms with Crippen LogP contribution in [-0.4, -0.2) is 63.7 Å². The zero-order valence-corrected chi connectivity index (χ0v) is 19.7. The largest absolute Gasteiger partial charge is 0.481 e. The third-order valence-electron chi connectivity index (χ3n) is 5.95. The Labute approximate surface area is 180 Å². The van der Waals surface area contributed by atoms with Crippen molar-refractivity contribution in [2.75, 3.05) is 40.6 Å². The van der Waals surface area contributed by atoms with E-state index in [1.807, 2.05) is 6.92 Å². The molecule has 0 saturated carbocycles. The van der Waals surface area contributed by atoms with Crippen molar-refractivity contribution < 1.29 is 38.4 Å². The van der Waals surface area contributed by atoms with Gasteiger partial charge < -0.3 is 24.1 Å². The molecule has 0 bridgehead atoms. The summed E-state index contributed by atoms with van der Waals surface area (Å²) in [5, 5.41) is 9.82. The van der Waals surface area contributed by atoms with Gasteiger partial charge >= 0.3 is 17.9 Å². The summed E-state index contributed by atoms with van der Waals surface area (Å²) in [7, 11) is 2.92. The number of hydrogen-bond acceptors (Lipinski definition) is 7. The zero-order chi connectivity index (χ0) is 23.4. The number of carbonyl (C=O) groups excluding carboxylic acids is 2. The van der Waals surface area contributed by atoms with E-state index in [1.165, 1.54) is 7.11 Å². The molecule has 0 spiro atoms. The highest BCUT2D eigenvalue weighted by Crippen LogP contribution is 2.40. The normalized spacial score (nSPS) is 15.7. The van der Waals surface area contributed by atoms with Crippen LogP contribution in [0, 0.1) is 16.2 Å². The summed E-state index contributed by atoms with van der Waals surface area (Å²) in [6, 6.07) is 0. The number of methoxy groups -OCH3 is 2. The highest BCUT2D eigenvalue weighted by atomic mass is 16.6. The first kappa shape index (κ1) is 28.3. The fourth-order valence-corrected chi connectivity index (χ4v) is 2.88. The number of carbonyl (C=O) groups is 3. The van der Waals surface area contributed by atoms with Gasteiger partial charge in [-0.25, -0.2) is 0 Å². The molecule has 0 aliphatic heterocycles. The van der Waals surface area contributed by atoms with Crippen LogP contribution in [-0.2, 0) is 33.3 Å². The van der Waals surface area contributed by atoms with Gasteiger partial charge in [-0.15, -0.1) is 0 Å². The maximum atomic E-state index is 12.4. The lowest BCUT2D eigenvalue weighted by atomic mass is 9.71. The van der Waals surface area contributed by atoms with E-state index in [-0.39, 0.29) is 25.6 Å². The molecule has 0 saturated heterocycles. The Morgan fingerprint density at radius 1 is 0.767 bits per heavy atom. The Morgan fingerprint density at radius 3 is 1.80 bits per heavy atom. The van der Waals surface area contributed by atoms with Crippen LogP contribution in [0.2, 0.25) is 0 Å². The molecule has 8 nitrogen and oxygen atoms in total. The van der Waals surface area contributed by atoms with Gasteiger partial charge in [0.1, 0.15) is 6.61 Å². The maximum absolute atomic E-state index is 12.4. The Hall–Kier alpha value is -1.67. The van der Waals surface area contributed by atoms with Gasteiger partial charge in [0.15, 0.2) is 0 Å². The molecule has 0 aromatic rings. The standard InChI is InChI=1S/C22H40O8/c1-8-21(4,19(26)28-7)11-12-22(5,17(23)24)10-9-20(2,3)18(25)30-16-15-29-14-13-27-6/h8-16H2,1-7H3,(H,23,24). The number of aliphatic carboxylic acids is 1. The van der Waals surface area contributed by atoms with Crippen LogP contribution in [0.15, 0.2) is 0 Å². The molecule has 0 rings (SSSR count). The molecule has 2 unspecified atom stereocenters. The van der Waals surface area contributed by atoms with Crippen LogP contribution in [0.1, 0.15) is 66.7 Å². The molecular weight excluding hydrogens is 392 g/mol. The molecule has 0 aromatic heterocycles. The van der Waals surface area contributed by atoms with E-state index in [0.717, 1.165) is 0 Å². The van der Waals surface area contributed by atoms with Gasteiger partial charge in [-0.3, -0.25) is 14.4 Å². The van der Waals surface area contributed by atoms with Crippen molar-refractivity contribution >= 4 is 17.9 Å². The van der Waals surface area contributed by atoms with Crippen molar-refractivity contribution in [3.8, 4) is 0 Å². The molecule has 30 heavy (non-hydrogen) atoms. The smallest absolute Gasteiger partial charge is 0.311 e. The van der Waals surface area contributed by atoms with E-state index in [4.69, 9.17) is 18.9 Å². The first-order chi connectivity index (χ1) is 13.9. The summed E-state index contributed by atoms with van der Waals surface area (Å²) < 4.78 is 20.3. The topological polar surface area (TPSA) is 108 Å². The van der Waals surface area contributed by atoms with Crippen molar-refractivity contribution in [2.24, 2.45) is 16.2 Å². The Bertz CT molecular complexity index is 559. The van der Waals surface area contributed by atoms with Gasteiger partial charge in [-0.1, -0.05) is 6.92 Å². The average Bonchev–Trinajstić information content (AvgIpc) is 2.71. The van der Waals surface area contributed by atoms with Gasteiger partial charge in [0.05, 0.1) is 43.2 Å². The van der Waals surface area contributed by atoms with Crippen LogP contribution in [0.25, 0.3) is 0 Å². The fourth-order valence-electron chi connectivity index (χ4n) is 2.88. The maximum Gasteiger partial charge on any atom is 0.311 e. The molecule has 0 fully saturated rings. The monoisotopic (exact) mass is 432 g/mol. The molecular formula is C22H40O8. The predicted molar refractivity (Wildman–Crippen MR) is 112 cm³/mol. The highest BCUT2D eigenvalue weighted by molar-refractivity contribution is 5.78. The molecule has 0 heterocycles. The SMILES string of the molecule is CCC(C)(CCC(C)(CCC(C)(C)C(=O)OCCOCCOC)C(=O)O)C(=O)OC. The van der Waals surface area contributed by atoms with Crippen LogP contribution in [0.4, 0.5) is 0 Å². The Balaban J connectivity index is 4.83. The van der Waals surface area contributed by atoms with E-state index in [0.29, 0.717) is 38.9 Å². The average molecular weight is 433 g/mol. The predicted octanol–water partition coefficient (Wildman–Crippen LogP) is 3.46. The third-order valence-corrected chi connectivity index (χ3v) is 5.95. The minimum atomic E-state index is -1.06. The highest BCUT2D eigenvalue weighted by Gasteiger charge is 2.41. The number of esters is 2. The quantitative estimate of drug-likeness (QED) is 0.292. The number of ether oxygens (including phenoxy) is 4. The minimum absolute atomic E-state index is 0.135. The molecule has 8 heteroatoms. The summed E-state index contributed by atoms with van der Waals surface area (Å²) in [5.41, 5.74) is -2.63. The number of carboxylic acid groups (broad SMARTS) is 1. The number of carboxylic acids is 1. The number of rotatable bonds is 16. The van der Waals surface area contributed by atoms with Gasteiger partial charge in [0.25, 0.3) is 0 Å². The zero-order valence-electron chi connectivity index (χ0n) is 19.7. The van der Waals surface area contributed by atoms with Crippen molar-refractivity contribution in [3.63, 3.8) is 0 Å². The second-order valence-electron chi connectivity index (χ2n) is 8.90. The van der Waals surface area contributed by atoms with Crippen LogP contribution in [0.5, 0.6) is 0 Å². The van der Waals surface area contributed by atoms with Crippen molar-refractivity contribution in [3.05, 3.63) is 0 Å². The number of hydrogen-bond donors (Lipinski definition) is 1. The first-order valence-electron chi connectivity index (χ1n) is 10.4. The van der Waals surface area contributed by atoms with Gasteiger partial charge in [0.2, 0.25) is 0 Å². The molecule has 1 N–H and O–H groups in total. The molecule has 176 valence electrons. The van der Waals surface area contributed by atoms with Crippen molar-refractivity contribution in [2.45, 2.75) is 66.7 Å². The fraction of sp³-hybridized carbons (Fsp3) is 0.864. The van der Waals surface area contributed by atoms with E-state index in [9.17, 15) is 19.5 Å². The summed E-state index contributed by atoms with van der Waals surface area (Å²) in [5.74, 6) is -1.67. The molecule has 2 atom stereocenters. The van der Waals surface area contributed by atoms with Crippen LogP contribution >= 0.6 is 0 Å². The van der Waals surface area contributed by atoms with E-state index in [1.54, 1.807) is 34.8 Å². The van der Waals surface area contributed by atoms with E-state index < -0.39 is 28.2 Å². The summed E-state index contributed by atoms with van der Waals surface area (Å²) >= 11 is 0. The second-order valence-corrected chi connectivity index (χ2v) is 8.90. The van der Waals surface area contributed by atoms with Crippen LogP contribution < -0.4 is 0 Å². The van der Waals surface area contributed by atoms with E-state index in [2.05, 4.69) is 0 Å². The Morgan fingerprint density at radius 2 is 1.30 bits per heavy atom. The van der Waals surface area contributed by atoms with Gasteiger partial charge in [-0.2, -0.15) is 0 Å². The lowest BCUT2D eigenvalue weighted by molar-refractivity contribution is -0.159.